The number of hydrogen-bond acceptors (Lipinski definition) is 1. The zero-order valence-electron chi connectivity index (χ0n) is 14.9. The maximum absolute atomic E-state index is 12.2. The van der Waals surface area contributed by atoms with Crippen LogP contribution in [0.25, 0.3) is 0 Å². The van der Waals surface area contributed by atoms with Crippen molar-refractivity contribution >= 4 is 5.91 Å². The normalized spacial score (nSPS) is 12.0. The van der Waals surface area contributed by atoms with Crippen LogP contribution in [0.2, 0.25) is 0 Å². The fourth-order valence-corrected chi connectivity index (χ4v) is 2.92. The largest absolute Gasteiger partial charge is 0.350 e. The molecule has 0 fully saturated rings. The number of hydrogen-bond donors (Lipinski definition) is 1. The van der Waals surface area contributed by atoms with Gasteiger partial charge in [-0.15, -0.1) is 0 Å². The van der Waals surface area contributed by atoms with E-state index in [-0.39, 0.29) is 11.9 Å². The Bertz CT molecular complexity index is 703. The minimum atomic E-state index is 0.0443. The van der Waals surface area contributed by atoms with Gasteiger partial charge in [0.2, 0.25) is 5.91 Å². The summed E-state index contributed by atoms with van der Waals surface area (Å²) >= 11 is 0. The molecule has 122 valence electrons. The number of nitrogens with one attached hydrogen (secondary N) is 1. The first-order valence-electron chi connectivity index (χ1n) is 8.29. The molecule has 1 atom stereocenters. The minimum Gasteiger partial charge on any atom is -0.350 e. The van der Waals surface area contributed by atoms with Crippen LogP contribution in [-0.2, 0) is 11.2 Å². The number of aryl methyl sites for hydroxylation is 5. The fourth-order valence-electron chi connectivity index (χ4n) is 2.92. The van der Waals surface area contributed by atoms with Crippen LogP contribution in [-0.4, -0.2) is 5.91 Å². The van der Waals surface area contributed by atoms with Gasteiger partial charge < -0.3 is 5.32 Å². The predicted molar refractivity (Wildman–Crippen MR) is 96.7 cm³/mol. The Morgan fingerprint density at radius 3 is 2.35 bits per heavy atom. The summed E-state index contributed by atoms with van der Waals surface area (Å²) in [6, 6.07) is 12.8. The Morgan fingerprint density at radius 1 is 0.957 bits per heavy atom. The monoisotopic (exact) mass is 309 g/mol. The second kappa shape index (κ2) is 7.45. The Labute approximate surface area is 139 Å². The highest BCUT2D eigenvalue weighted by Gasteiger charge is 2.12. The molecule has 0 saturated carbocycles. The molecule has 0 aliphatic carbocycles. The number of rotatable bonds is 5. The van der Waals surface area contributed by atoms with E-state index in [1.807, 2.05) is 6.92 Å². The molecule has 1 amide bonds. The first-order valence-corrected chi connectivity index (χ1v) is 8.29. The molecule has 0 unspecified atom stereocenters. The molecule has 2 aromatic carbocycles. The topological polar surface area (TPSA) is 29.1 Å². The molecule has 2 rings (SSSR count). The lowest BCUT2D eigenvalue weighted by Crippen LogP contribution is -2.27. The molecule has 1 N–H and O–H groups in total. The van der Waals surface area contributed by atoms with Crippen molar-refractivity contribution < 1.29 is 4.79 Å². The third kappa shape index (κ3) is 4.69. The van der Waals surface area contributed by atoms with Crippen LogP contribution < -0.4 is 5.32 Å². The zero-order valence-corrected chi connectivity index (χ0v) is 14.9. The molecule has 0 saturated heterocycles. The van der Waals surface area contributed by atoms with Crippen molar-refractivity contribution in [3.8, 4) is 0 Å². The van der Waals surface area contributed by atoms with E-state index in [9.17, 15) is 4.79 Å². The van der Waals surface area contributed by atoms with E-state index in [0.29, 0.717) is 6.42 Å². The summed E-state index contributed by atoms with van der Waals surface area (Å²) in [5, 5.41) is 3.11. The van der Waals surface area contributed by atoms with Gasteiger partial charge in [-0.1, -0.05) is 42.0 Å². The maximum atomic E-state index is 12.2. The van der Waals surface area contributed by atoms with Crippen molar-refractivity contribution in [2.75, 3.05) is 0 Å². The summed E-state index contributed by atoms with van der Waals surface area (Å²) in [5.74, 6) is 0.107. The highest BCUT2D eigenvalue weighted by atomic mass is 16.1. The molecule has 0 spiro atoms. The van der Waals surface area contributed by atoms with Crippen LogP contribution in [0.5, 0.6) is 0 Å². The molecule has 0 aliphatic rings. The van der Waals surface area contributed by atoms with Gasteiger partial charge in [-0.05, 0) is 68.9 Å². The van der Waals surface area contributed by atoms with Gasteiger partial charge in [-0.2, -0.15) is 0 Å². The van der Waals surface area contributed by atoms with Crippen LogP contribution >= 0.6 is 0 Å². The molecule has 0 radical (unpaired) electrons. The molecule has 23 heavy (non-hydrogen) atoms. The second-order valence-electron chi connectivity index (χ2n) is 6.57. The summed E-state index contributed by atoms with van der Waals surface area (Å²) in [6.07, 6.45) is 1.31. The van der Waals surface area contributed by atoms with E-state index in [0.717, 1.165) is 6.42 Å². The fraction of sp³-hybridized carbons (Fsp3) is 0.381. The minimum absolute atomic E-state index is 0.0443. The van der Waals surface area contributed by atoms with Crippen LogP contribution in [0, 0.1) is 27.7 Å². The molecular weight excluding hydrogens is 282 g/mol. The van der Waals surface area contributed by atoms with Crippen molar-refractivity contribution in [1.29, 1.82) is 0 Å². The van der Waals surface area contributed by atoms with Gasteiger partial charge in [0, 0.05) is 6.42 Å². The zero-order chi connectivity index (χ0) is 17.0. The van der Waals surface area contributed by atoms with Crippen LogP contribution in [0.1, 0.15) is 52.8 Å². The van der Waals surface area contributed by atoms with Gasteiger partial charge in [0.25, 0.3) is 0 Å². The number of carbonyl (C=O) groups excluding carboxylic acids is 1. The molecule has 0 aromatic heterocycles. The van der Waals surface area contributed by atoms with E-state index < -0.39 is 0 Å². The number of carbonyl (C=O) groups is 1. The van der Waals surface area contributed by atoms with Gasteiger partial charge in [-0.3, -0.25) is 4.79 Å². The SMILES string of the molecule is Cc1ccc([C@@H](C)NC(=O)CCc2ccc(C)c(C)c2)c(C)c1. The molecule has 0 heterocycles. The summed E-state index contributed by atoms with van der Waals surface area (Å²) in [4.78, 5) is 12.2. The molecule has 0 aliphatic heterocycles. The average Bonchev–Trinajstić information content (AvgIpc) is 2.48. The van der Waals surface area contributed by atoms with E-state index in [1.54, 1.807) is 0 Å². The van der Waals surface area contributed by atoms with E-state index in [4.69, 9.17) is 0 Å². The number of amides is 1. The lowest BCUT2D eigenvalue weighted by molar-refractivity contribution is -0.121. The summed E-state index contributed by atoms with van der Waals surface area (Å²) in [5.41, 5.74) is 7.47. The van der Waals surface area contributed by atoms with Gasteiger partial charge >= 0.3 is 0 Å². The molecule has 2 aromatic rings. The van der Waals surface area contributed by atoms with Crippen molar-refractivity contribution in [3.05, 3.63) is 69.8 Å². The molecular formula is C21H27NO. The molecule has 2 nitrogen and oxygen atoms in total. The molecule has 2 heteroatoms. The summed E-state index contributed by atoms with van der Waals surface area (Å²) < 4.78 is 0. The quantitative estimate of drug-likeness (QED) is 0.850. The molecule has 0 bridgehead atoms. The van der Waals surface area contributed by atoms with Crippen molar-refractivity contribution in [2.24, 2.45) is 0 Å². The summed E-state index contributed by atoms with van der Waals surface area (Å²) in [6.45, 7) is 10.5. The van der Waals surface area contributed by atoms with Gasteiger partial charge in [0.1, 0.15) is 0 Å². The maximum Gasteiger partial charge on any atom is 0.220 e. The van der Waals surface area contributed by atoms with Gasteiger partial charge in [0.15, 0.2) is 0 Å². The van der Waals surface area contributed by atoms with E-state index >= 15 is 0 Å². The Hall–Kier alpha value is -2.09. The van der Waals surface area contributed by atoms with Gasteiger partial charge in [-0.25, -0.2) is 0 Å². The Balaban J connectivity index is 1.92. The van der Waals surface area contributed by atoms with Crippen LogP contribution in [0.3, 0.4) is 0 Å². The van der Waals surface area contributed by atoms with Crippen molar-refractivity contribution in [1.82, 2.24) is 5.32 Å². The van der Waals surface area contributed by atoms with Crippen molar-refractivity contribution in [3.63, 3.8) is 0 Å². The lowest BCUT2D eigenvalue weighted by atomic mass is 10.00. The third-order valence-corrected chi connectivity index (χ3v) is 4.48. The smallest absolute Gasteiger partial charge is 0.220 e. The highest BCUT2D eigenvalue weighted by molar-refractivity contribution is 5.76. The number of benzene rings is 2. The van der Waals surface area contributed by atoms with E-state index in [2.05, 4.69) is 69.4 Å². The average molecular weight is 309 g/mol. The summed E-state index contributed by atoms with van der Waals surface area (Å²) in [7, 11) is 0. The Morgan fingerprint density at radius 2 is 1.70 bits per heavy atom. The first kappa shape index (κ1) is 17.3. The van der Waals surface area contributed by atoms with Crippen LogP contribution in [0.4, 0.5) is 0 Å². The highest BCUT2D eigenvalue weighted by Crippen LogP contribution is 2.19. The van der Waals surface area contributed by atoms with E-state index in [1.165, 1.54) is 33.4 Å². The van der Waals surface area contributed by atoms with Crippen molar-refractivity contribution in [2.45, 2.75) is 53.5 Å². The first-order chi connectivity index (χ1) is 10.9. The predicted octanol–water partition coefficient (Wildman–Crippen LogP) is 4.73. The second-order valence-corrected chi connectivity index (χ2v) is 6.57. The van der Waals surface area contributed by atoms with Gasteiger partial charge in [0.05, 0.1) is 6.04 Å². The Kier molecular flexibility index (Phi) is 5.59. The lowest BCUT2D eigenvalue weighted by Gasteiger charge is -2.17. The van der Waals surface area contributed by atoms with Crippen LogP contribution in [0.15, 0.2) is 36.4 Å². The standard InChI is InChI=1S/C21H27NO/c1-14-6-10-20(17(4)12-14)18(5)22-21(23)11-9-19-8-7-15(2)16(3)13-19/h6-8,10,12-13,18H,9,11H2,1-5H3,(H,22,23)/t18-/m1/s1. The third-order valence-electron chi connectivity index (χ3n) is 4.48.